The zero-order valence-electron chi connectivity index (χ0n) is 8.19. The molecule has 0 unspecified atom stereocenters. The normalized spacial score (nSPS) is 8.79. The summed E-state index contributed by atoms with van der Waals surface area (Å²) >= 11 is 1.24. The number of aliphatic hydroxyl groups is 1. The molecule has 0 bridgehead atoms. The monoisotopic (exact) mass is 215 g/mol. The first-order chi connectivity index (χ1) is 6.54. The van der Waals surface area contributed by atoms with Crippen LogP contribution in [0.25, 0.3) is 0 Å². The van der Waals surface area contributed by atoms with Crippen molar-refractivity contribution in [2.75, 3.05) is 19.7 Å². The second-order valence-corrected chi connectivity index (χ2v) is 3.47. The van der Waals surface area contributed by atoms with E-state index in [0.717, 1.165) is 6.42 Å². The van der Waals surface area contributed by atoms with E-state index < -0.39 is 11.9 Å². The molecule has 0 aromatic heterocycles. The molecule has 0 aliphatic heterocycles. The van der Waals surface area contributed by atoms with Gasteiger partial charge in [0.15, 0.2) is 0 Å². The fourth-order valence-corrected chi connectivity index (χ4v) is 0.751. The van der Waals surface area contributed by atoms with Gasteiger partial charge in [-0.2, -0.15) is 0 Å². The van der Waals surface area contributed by atoms with Crippen LogP contribution in [-0.4, -0.2) is 74.9 Å². The van der Waals surface area contributed by atoms with Gasteiger partial charge in [0.05, 0.1) is 13.1 Å². The van der Waals surface area contributed by atoms with Crippen LogP contribution >= 0.6 is 0 Å². The number of rotatable bonds is 6. The van der Waals surface area contributed by atoms with Crippen molar-refractivity contribution in [2.24, 2.45) is 0 Å². The maximum atomic E-state index is 9.73. The van der Waals surface area contributed by atoms with Crippen molar-refractivity contribution in [1.82, 2.24) is 5.32 Å². The Bertz CT molecular complexity index is 148. The third kappa shape index (κ3) is 22.6. The predicted octanol–water partition coefficient (Wildman–Crippen LogP) is -1.30. The third-order valence-electron chi connectivity index (χ3n) is 1.06. The molecular formula is C7H14NNaO5. The topological polar surface area (TPSA) is 107 Å². The number of carboxylic acids is 2. The van der Waals surface area contributed by atoms with Crippen molar-refractivity contribution in [3.63, 3.8) is 0 Å². The van der Waals surface area contributed by atoms with Gasteiger partial charge in [-0.05, 0) is 0 Å². The number of hydrogen-bond donors (Lipinski definition) is 4. The fourth-order valence-electron chi connectivity index (χ4n) is 0.434. The Morgan fingerprint density at radius 1 is 1.14 bits per heavy atom. The molecule has 0 aromatic rings. The van der Waals surface area contributed by atoms with Gasteiger partial charge in [0, 0.05) is 0 Å². The zero-order chi connectivity index (χ0) is 11.4. The van der Waals surface area contributed by atoms with Gasteiger partial charge in [-0.25, -0.2) is 0 Å². The molecule has 0 aromatic carbocycles. The first-order valence-electron chi connectivity index (χ1n) is 4.29. The molecule has 78 valence electrons. The summed E-state index contributed by atoms with van der Waals surface area (Å²) in [5.74, 6) is -2.12. The van der Waals surface area contributed by atoms with Crippen LogP contribution in [0.15, 0.2) is 0 Å². The Morgan fingerprint density at radius 2 is 1.57 bits per heavy atom. The molecule has 0 radical (unpaired) electrons. The van der Waals surface area contributed by atoms with Crippen LogP contribution in [0.3, 0.4) is 0 Å². The average molecular weight is 215 g/mol. The molecule has 0 fully saturated rings. The van der Waals surface area contributed by atoms with Gasteiger partial charge in [-0.15, -0.1) is 0 Å². The van der Waals surface area contributed by atoms with Gasteiger partial charge in [0.2, 0.25) is 0 Å². The van der Waals surface area contributed by atoms with Crippen molar-refractivity contribution < 1.29 is 24.9 Å². The summed E-state index contributed by atoms with van der Waals surface area (Å²) in [4.78, 5) is 19.5. The predicted molar refractivity (Wildman–Crippen MR) is 50.4 cm³/mol. The van der Waals surface area contributed by atoms with Crippen LogP contribution in [-0.2, 0) is 9.59 Å². The van der Waals surface area contributed by atoms with Gasteiger partial charge in [-0.1, -0.05) is 0 Å². The van der Waals surface area contributed by atoms with Crippen molar-refractivity contribution in [1.29, 1.82) is 0 Å². The number of carbonyl (C=O) groups is 2. The van der Waals surface area contributed by atoms with E-state index in [1.807, 2.05) is 0 Å². The van der Waals surface area contributed by atoms with Gasteiger partial charge >= 0.3 is 61.7 Å². The van der Waals surface area contributed by atoms with Crippen molar-refractivity contribution in [2.45, 2.75) is 10.1 Å². The minimum atomic E-state index is -1.06. The molecule has 6 nitrogen and oxygen atoms in total. The SMILES string of the molecule is O=C(O)CNCC(=O)O.OCC[CH2][Na]. The van der Waals surface area contributed by atoms with E-state index in [9.17, 15) is 9.59 Å². The average Bonchev–Trinajstić information content (AvgIpc) is 2.05. The molecule has 4 N–H and O–H groups in total. The maximum absolute atomic E-state index is 9.73. The van der Waals surface area contributed by atoms with Crippen LogP contribution in [0.2, 0.25) is 3.67 Å². The van der Waals surface area contributed by atoms with Crippen molar-refractivity contribution in [3.05, 3.63) is 0 Å². The summed E-state index contributed by atoms with van der Waals surface area (Å²) in [5, 5.41) is 26.2. The molecule has 0 amide bonds. The summed E-state index contributed by atoms with van der Waals surface area (Å²) in [5.41, 5.74) is 0. The molecule has 7 heteroatoms. The van der Waals surface area contributed by atoms with Crippen molar-refractivity contribution >= 4 is 39.9 Å². The Labute approximate surface area is 99.7 Å². The molecule has 0 aliphatic carbocycles. The van der Waals surface area contributed by atoms with Crippen LogP contribution < -0.4 is 5.32 Å². The van der Waals surface area contributed by atoms with Crippen LogP contribution in [0, 0.1) is 0 Å². The van der Waals surface area contributed by atoms with E-state index >= 15 is 0 Å². The van der Waals surface area contributed by atoms with Gasteiger partial charge in [0.1, 0.15) is 0 Å². The summed E-state index contributed by atoms with van der Waals surface area (Å²) < 4.78 is 1.23. The minimum absolute atomic E-state index is 0.313. The van der Waals surface area contributed by atoms with Gasteiger partial charge in [-0.3, -0.25) is 14.9 Å². The summed E-state index contributed by atoms with van der Waals surface area (Å²) in [6.45, 7) is -0.248. The van der Waals surface area contributed by atoms with Crippen LogP contribution in [0.4, 0.5) is 0 Å². The molecule has 0 heterocycles. The van der Waals surface area contributed by atoms with Gasteiger partial charge in [0.25, 0.3) is 0 Å². The van der Waals surface area contributed by atoms with Gasteiger partial charge < -0.3 is 10.2 Å². The van der Waals surface area contributed by atoms with Crippen molar-refractivity contribution in [3.8, 4) is 0 Å². The molecule has 0 rings (SSSR count). The summed E-state index contributed by atoms with van der Waals surface area (Å²) in [6, 6.07) is 0. The second kappa shape index (κ2) is 12.9. The van der Waals surface area contributed by atoms with E-state index in [1.54, 1.807) is 0 Å². The molecular weight excluding hydrogens is 201 g/mol. The molecule has 14 heavy (non-hydrogen) atoms. The number of aliphatic carboxylic acids is 2. The zero-order valence-corrected chi connectivity index (χ0v) is 10.2. The number of hydrogen-bond acceptors (Lipinski definition) is 4. The van der Waals surface area contributed by atoms with E-state index in [0.29, 0.717) is 6.61 Å². The number of aliphatic hydroxyl groups excluding tert-OH is 1. The fraction of sp³-hybridized carbons (Fsp3) is 0.714. The first-order valence-corrected chi connectivity index (χ1v) is 5.71. The molecule has 0 aliphatic rings. The third-order valence-corrected chi connectivity index (χ3v) is 1.77. The molecule has 0 spiro atoms. The number of nitrogens with one attached hydrogen (secondary N) is 1. The van der Waals surface area contributed by atoms with Crippen LogP contribution in [0.5, 0.6) is 0 Å². The summed E-state index contributed by atoms with van der Waals surface area (Å²) in [7, 11) is 0. The Hall–Kier alpha value is -0.140. The number of carboxylic acid groups (broad SMARTS) is 2. The summed E-state index contributed by atoms with van der Waals surface area (Å²) in [6.07, 6.45) is 1.01. The standard InChI is InChI=1S/C4H7NO4.C3H7O.Na/c6-3(7)1-5-2-4(8)9;1-2-3-4;/h5H,1-2H2,(H,6,7)(H,8,9);4H,1-3H2;. The van der Waals surface area contributed by atoms with E-state index in [1.165, 1.54) is 31.6 Å². The van der Waals surface area contributed by atoms with E-state index in [2.05, 4.69) is 5.32 Å². The Kier molecular flexibility index (Phi) is 15.0. The quantitative estimate of drug-likeness (QED) is 0.410. The van der Waals surface area contributed by atoms with Crippen LogP contribution in [0.1, 0.15) is 6.42 Å². The van der Waals surface area contributed by atoms with E-state index in [4.69, 9.17) is 15.3 Å². The first kappa shape index (κ1) is 16.3. The Balaban J connectivity index is 0. The molecule has 0 saturated heterocycles. The van der Waals surface area contributed by atoms with E-state index in [-0.39, 0.29) is 13.1 Å². The molecule has 0 atom stereocenters. The Morgan fingerprint density at radius 3 is 1.71 bits per heavy atom. The molecule has 0 saturated carbocycles. The second-order valence-electron chi connectivity index (χ2n) is 2.47.